The highest BCUT2D eigenvalue weighted by Crippen LogP contribution is 2.26. The van der Waals surface area contributed by atoms with E-state index in [1.54, 1.807) is 42.1 Å². The molecule has 0 amide bonds. The normalized spacial score (nSPS) is 11.2. The third-order valence-corrected chi connectivity index (χ3v) is 6.14. The number of rotatable bonds is 6. The second-order valence-corrected chi connectivity index (χ2v) is 8.13. The van der Waals surface area contributed by atoms with Gasteiger partial charge in [-0.25, -0.2) is 8.42 Å². The van der Waals surface area contributed by atoms with Gasteiger partial charge in [0.2, 0.25) is 0 Å². The quantitative estimate of drug-likeness (QED) is 0.529. The van der Waals surface area contributed by atoms with Crippen LogP contribution in [-0.2, 0) is 10.0 Å². The van der Waals surface area contributed by atoms with Crippen molar-refractivity contribution < 1.29 is 8.42 Å². The molecule has 3 nitrogen and oxygen atoms in total. The Labute approximate surface area is 144 Å². The second kappa shape index (κ2) is 7.35. The van der Waals surface area contributed by atoms with Gasteiger partial charge in [-0.1, -0.05) is 22.0 Å². The molecular formula is C16H16BrNO2S2. The molecule has 116 valence electrons. The third kappa shape index (κ3) is 3.74. The summed E-state index contributed by atoms with van der Waals surface area (Å²) in [5, 5.41) is 0. The molecule has 0 saturated heterocycles. The maximum Gasteiger partial charge on any atom is 0.264 e. The fourth-order valence-electron chi connectivity index (χ4n) is 1.94. The summed E-state index contributed by atoms with van der Waals surface area (Å²) in [5.41, 5.74) is 0.608. The standard InChI is InChI=1S/C16H16BrNO2S2/c1-3-12-18(14-6-4-13(17)5-7-14)22(19,20)16-10-8-15(21-2)9-11-16/h3-11H,1,12H2,2H3. The maximum absolute atomic E-state index is 12.9. The average molecular weight is 398 g/mol. The molecule has 22 heavy (non-hydrogen) atoms. The fraction of sp³-hybridized carbons (Fsp3) is 0.125. The summed E-state index contributed by atoms with van der Waals surface area (Å²) in [4.78, 5) is 1.30. The van der Waals surface area contributed by atoms with Crippen LogP contribution in [0.3, 0.4) is 0 Å². The summed E-state index contributed by atoms with van der Waals surface area (Å²) < 4.78 is 28.0. The lowest BCUT2D eigenvalue weighted by atomic mass is 10.3. The molecule has 2 aromatic rings. The van der Waals surface area contributed by atoms with Crippen molar-refractivity contribution in [2.45, 2.75) is 9.79 Å². The zero-order chi connectivity index (χ0) is 16.2. The highest BCUT2D eigenvalue weighted by molar-refractivity contribution is 9.10. The van der Waals surface area contributed by atoms with E-state index < -0.39 is 10.0 Å². The lowest BCUT2D eigenvalue weighted by Gasteiger charge is -2.23. The Morgan fingerprint density at radius 3 is 2.23 bits per heavy atom. The summed E-state index contributed by atoms with van der Waals surface area (Å²) >= 11 is 4.93. The van der Waals surface area contributed by atoms with E-state index >= 15 is 0 Å². The minimum absolute atomic E-state index is 0.217. The zero-order valence-corrected chi connectivity index (χ0v) is 15.3. The molecule has 2 rings (SSSR count). The molecule has 0 unspecified atom stereocenters. The second-order valence-electron chi connectivity index (χ2n) is 4.48. The molecule has 0 N–H and O–H groups in total. The van der Waals surface area contributed by atoms with E-state index in [0.29, 0.717) is 5.69 Å². The molecule has 0 spiro atoms. The molecule has 2 aromatic carbocycles. The van der Waals surface area contributed by atoms with E-state index in [-0.39, 0.29) is 11.4 Å². The molecular weight excluding hydrogens is 382 g/mol. The molecule has 0 aliphatic carbocycles. The van der Waals surface area contributed by atoms with Gasteiger partial charge in [0.1, 0.15) is 0 Å². The number of nitrogens with zero attached hydrogens (tertiary/aromatic N) is 1. The smallest absolute Gasteiger partial charge is 0.263 e. The van der Waals surface area contributed by atoms with Gasteiger partial charge in [0, 0.05) is 9.37 Å². The van der Waals surface area contributed by atoms with Crippen molar-refractivity contribution in [2.24, 2.45) is 0 Å². The van der Waals surface area contributed by atoms with E-state index in [2.05, 4.69) is 22.5 Å². The van der Waals surface area contributed by atoms with Gasteiger partial charge in [-0.15, -0.1) is 18.3 Å². The molecule has 6 heteroatoms. The largest absolute Gasteiger partial charge is 0.264 e. The van der Waals surface area contributed by atoms with E-state index in [9.17, 15) is 8.42 Å². The maximum atomic E-state index is 12.9. The highest BCUT2D eigenvalue weighted by atomic mass is 79.9. The number of sulfonamides is 1. The number of benzene rings is 2. The van der Waals surface area contributed by atoms with Crippen LogP contribution in [0.5, 0.6) is 0 Å². The number of hydrogen-bond acceptors (Lipinski definition) is 3. The molecule has 0 heterocycles. The summed E-state index contributed by atoms with van der Waals surface area (Å²) in [6.07, 6.45) is 3.53. The number of thioether (sulfide) groups is 1. The van der Waals surface area contributed by atoms with Gasteiger partial charge in [-0.05, 0) is 54.8 Å². The SMILES string of the molecule is C=CCN(c1ccc(Br)cc1)S(=O)(=O)c1ccc(SC)cc1. The summed E-state index contributed by atoms with van der Waals surface area (Å²) in [6.45, 7) is 3.88. The summed E-state index contributed by atoms with van der Waals surface area (Å²) in [5.74, 6) is 0. The van der Waals surface area contributed by atoms with Crippen molar-refractivity contribution in [1.29, 1.82) is 0 Å². The van der Waals surface area contributed by atoms with E-state index in [1.807, 2.05) is 30.5 Å². The molecule has 0 bridgehead atoms. The number of hydrogen-bond donors (Lipinski definition) is 0. The molecule has 0 aliphatic heterocycles. The van der Waals surface area contributed by atoms with Gasteiger partial charge in [0.15, 0.2) is 0 Å². The Morgan fingerprint density at radius 2 is 1.73 bits per heavy atom. The Kier molecular flexibility index (Phi) is 5.72. The van der Waals surface area contributed by atoms with Crippen LogP contribution in [0.25, 0.3) is 0 Å². The highest BCUT2D eigenvalue weighted by Gasteiger charge is 2.23. The predicted octanol–water partition coefficient (Wildman–Crippen LogP) is 4.55. The first kappa shape index (κ1) is 17.1. The van der Waals surface area contributed by atoms with Gasteiger partial charge in [0.25, 0.3) is 10.0 Å². The van der Waals surface area contributed by atoms with Crippen molar-refractivity contribution in [1.82, 2.24) is 0 Å². The topological polar surface area (TPSA) is 37.4 Å². The first-order valence-corrected chi connectivity index (χ1v) is 9.98. The van der Waals surface area contributed by atoms with E-state index in [0.717, 1.165) is 9.37 Å². The van der Waals surface area contributed by atoms with Gasteiger partial charge in [-0.3, -0.25) is 4.31 Å². The number of halogens is 1. The Hall–Kier alpha value is -1.24. The van der Waals surface area contributed by atoms with Crippen LogP contribution in [0.2, 0.25) is 0 Å². The van der Waals surface area contributed by atoms with Gasteiger partial charge in [0.05, 0.1) is 17.1 Å². The monoisotopic (exact) mass is 397 g/mol. The van der Waals surface area contributed by atoms with Crippen molar-refractivity contribution in [3.8, 4) is 0 Å². The minimum atomic E-state index is -3.62. The van der Waals surface area contributed by atoms with Crippen molar-refractivity contribution >= 4 is 43.4 Å². The van der Waals surface area contributed by atoms with Crippen LogP contribution in [-0.4, -0.2) is 21.2 Å². The lowest BCUT2D eigenvalue weighted by molar-refractivity contribution is 0.593. The molecule has 0 aliphatic rings. The molecule has 0 aromatic heterocycles. The predicted molar refractivity (Wildman–Crippen MR) is 97.1 cm³/mol. The van der Waals surface area contributed by atoms with Crippen LogP contribution in [0.1, 0.15) is 0 Å². The number of anilines is 1. The van der Waals surface area contributed by atoms with Crippen LogP contribution in [0, 0.1) is 0 Å². The van der Waals surface area contributed by atoms with Crippen LogP contribution in [0.4, 0.5) is 5.69 Å². The van der Waals surface area contributed by atoms with Crippen molar-refractivity contribution in [3.63, 3.8) is 0 Å². The van der Waals surface area contributed by atoms with Gasteiger partial charge < -0.3 is 0 Å². The van der Waals surface area contributed by atoms with Crippen LogP contribution >= 0.6 is 27.7 Å². The van der Waals surface area contributed by atoms with Gasteiger partial charge in [-0.2, -0.15) is 0 Å². The lowest BCUT2D eigenvalue weighted by Crippen LogP contribution is -2.31. The van der Waals surface area contributed by atoms with Crippen molar-refractivity contribution in [3.05, 3.63) is 65.7 Å². The van der Waals surface area contributed by atoms with Crippen LogP contribution < -0.4 is 4.31 Å². The Balaban J connectivity index is 2.44. The summed E-state index contributed by atoms with van der Waals surface area (Å²) in [6, 6.07) is 14.1. The molecule has 0 atom stereocenters. The zero-order valence-electron chi connectivity index (χ0n) is 12.1. The first-order valence-electron chi connectivity index (χ1n) is 6.52. The molecule has 0 fully saturated rings. The Bertz CT molecular complexity index is 741. The van der Waals surface area contributed by atoms with E-state index in [1.165, 1.54) is 4.31 Å². The first-order chi connectivity index (χ1) is 10.5. The average Bonchev–Trinajstić information content (AvgIpc) is 2.53. The van der Waals surface area contributed by atoms with E-state index in [4.69, 9.17) is 0 Å². The van der Waals surface area contributed by atoms with Crippen LogP contribution in [0.15, 0.2) is 75.4 Å². The van der Waals surface area contributed by atoms with Crippen molar-refractivity contribution in [2.75, 3.05) is 17.1 Å². The summed E-state index contributed by atoms with van der Waals surface area (Å²) in [7, 11) is -3.62. The van der Waals surface area contributed by atoms with Gasteiger partial charge >= 0.3 is 0 Å². The minimum Gasteiger partial charge on any atom is -0.263 e. The third-order valence-electron chi connectivity index (χ3n) is 3.06. The molecule has 0 saturated carbocycles. The fourth-order valence-corrected chi connectivity index (χ4v) is 4.05. The Morgan fingerprint density at radius 1 is 1.14 bits per heavy atom. The molecule has 0 radical (unpaired) electrons.